The third-order valence-electron chi connectivity index (χ3n) is 18.9. The van der Waals surface area contributed by atoms with E-state index in [2.05, 4.69) is 130 Å². The quantitative estimate of drug-likeness (QED) is 0.0146. The van der Waals surface area contributed by atoms with Crippen molar-refractivity contribution in [1.82, 2.24) is 0 Å². The fourth-order valence-corrected chi connectivity index (χ4v) is 13.8. The van der Waals surface area contributed by atoms with Crippen molar-refractivity contribution in [1.29, 1.82) is 0 Å². The number of phosphoric ester groups is 2. The van der Waals surface area contributed by atoms with E-state index in [-0.39, 0.29) is 19.3 Å². The topological polar surface area (TPSA) is 231 Å². The molecule has 0 fully saturated rings. The van der Waals surface area contributed by atoms with E-state index < -0.39 is 91.5 Å². The summed E-state index contributed by atoms with van der Waals surface area (Å²) in [6.07, 6.45) is 100.0. The first-order valence-electron chi connectivity index (χ1n) is 44.2. The molecule has 0 spiro atoms. The SMILES string of the molecule is CCCCC/C=C\C/C=C\C/C=C\C/C=C\CCCCCCCCCCCCCCCCCC(=O)OCC(O)COP(=O)(O)OCC(O)COP(=O)(O)OCC(COC(=O)CCCCCCCCCCCCC/C=C\C/C=C\C/C=C\C/C=C\CCCCC)OC(=O)CCCCCCC/C=C\CCCCCCCC. The minimum atomic E-state index is -4.94. The van der Waals surface area contributed by atoms with Gasteiger partial charge in [-0.3, -0.25) is 32.5 Å². The van der Waals surface area contributed by atoms with Gasteiger partial charge in [0.15, 0.2) is 6.10 Å². The summed E-state index contributed by atoms with van der Waals surface area (Å²) in [6.45, 7) is 2.67. The smallest absolute Gasteiger partial charge is 0.463 e. The highest BCUT2D eigenvalue weighted by molar-refractivity contribution is 7.47. The zero-order valence-corrected chi connectivity index (χ0v) is 71.3. The van der Waals surface area contributed by atoms with Gasteiger partial charge in [0.25, 0.3) is 0 Å². The second kappa shape index (κ2) is 83.6. The highest BCUT2D eigenvalue weighted by Gasteiger charge is 2.29. The Labute approximate surface area is 666 Å². The Kier molecular flexibility index (Phi) is 80.7. The number of hydrogen-bond acceptors (Lipinski definition) is 14. The van der Waals surface area contributed by atoms with Crippen LogP contribution in [0.2, 0.25) is 0 Å². The van der Waals surface area contributed by atoms with Crippen LogP contribution in [0.15, 0.2) is 109 Å². The van der Waals surface area contributed by atoms with Crippen LogP contribution in [-0.4, -0.2) is 95.9 Å². The predicted molar refractivity (Wildman–Crippen MR) is 454 cm³/mol. The van der Waals surface area contributed by atoms with Gasteiger partial charge < -0.3 is 34.2 Å². The van der Waals surface area contributed by atoms with Crippen LogP contribution in [0.1, 0.15) is 393 Å². The molecule has 0 rings (SSSR count). The average Bonchev–Trinajstić information content (AvgIpc) is 0.940. The first-order valence-corrected chi connectivity index (χ1v) is 47.2. The van der Waals surface area contributed by atoms with Gasteiger partial charge >= 0.3 is 33.6 Å². The predicted octanol–water partition coefficient (Wildman–Crippen LogP) is 26.7. The molecule has 0 aromatic rings. The maximum Gasteiger partial charge on any atom is 0.472 e. The summed E-state index contributed by atoms with van der Waals surface area (Å²) in [7, 11) is -9.79. The monoisotopic (exact) mass is 1570 g/mol. The van der Waals surface area contributed by atoms with Crippen LogP contribution < -0.4 is 0 Å². The van der Waals surface area contributed by atoms with Crippen molar-refractivity contribution in [3.05, 3.63) is 109 Å². The highest BCUT2D eigenvalue weighted by atomic mass is 31.2. The average molecular weight is 1570 g/mol. The van der Waals surface area contributed by atoms with Gasteiger partial charge in [-0.1, -0.05) is 348 Å². The van der Waals surface area contributed by atoms with E-state index >= 15 is 0 Å². The molecule has 0 heterocycles. The van der Waals surface area contributed by atoms with Gasteiger partial charge in [-0.2, -0.15) is 0 Å². The first-order chi connectivity index (χ1) is 53.2. The third kappa shape index (κ3) is 84.9. The van der Waals surface area contributed by atoms with E-state index in [1.807, 2.05) is 0 Å². The maximum atomic E-state index is 13.0. The molecule has 109 heavy (non-hydrogen) atoms. The van der Waals surface area contributed by atoms with E-state index in [0.29, 0.717) is 19.3 Å². The van der Waals surface area contributed by atoms with Crippen molar-refractivity contribution < 1.29 is 75.8 Å². The number of phosphoric acid groups is 2. The van der Waals surface area contributed by atoms with E-state index in [4.69, 9.17) is 32.3 Å². The van der Waals surface area contributed by atoms with Crippen LogP contribution in [0, 0.1) is 0 Å². The molecule has 18 heteroatoms. The number of aliphatic hydroxyl groups is 2. The lowest BCUT2D eigenvalue weighted by Gasteiger charge is -2.21. The lowest BCUT2D eigenvalue weighted by atomic mass is 10.0. The molecule has 0 saturated carbocycles. The van der Waals surface area contributed by atoms with Crippen molar-refractivity contribution in [2.75, 3.05) is 39.6 Å². The number of aliphatic hydroxyl groups excluding tert-OH is 2. The molecule has 4 N–H and O–H groups in total. The molecule has 0 radical (unpaired) electrons. The minimum Gasteiger partial charge on any atom is -0.463 e. The van der Waals surface area contributed by atoms with Crippen LogP contribution >= 0.6 is 15.6 Å². The number of allylic oxidation sites excluding steroid dienone is 18. The van der Waals surface area contributed by atoms with Gasteiger partial charge in [0.05, 0.1) is 26.4 Å². The molecular weight excluding hydrogens is 1410 g/mol. The standard InChI is InChI=1S/C91H162O16P2/c1-4-7-10-13-16-19-22-25-28-30-32-34-36-38-40-41-42-43-45-47-48-50-52-54-57-59-62-65-68-71-74-77-89(94)101-80-86(92)81-103-108(97,98)104-82-87(93)83-105-109(99,100)106-85-88(107-91(96)79-76-73-70-67-64-61-56-27-24-21-18-15-12-9-6-3)84-102-90(95)78-75-72-69-66-63-60-58-55-53-51-49-46-44-39-37-35-33-31-29-26-23-20-17-14-11-8-5-2/h16-17,19-20,25-29,32-35,38-40,44,56,86-88,92-93H,4-15,18,21-24,30-31,36-37,41-43,45-55,57-85H2,1-3H3,(H,97,98)(H,99,100)/b19-16-,20-17-,28-25-,29-26-,34-32-,35-33-,40-38-,44-39-,56-27-. The summed E-state index contributed by atoms with van der Waals surface area (Å²) in [4.78, 5) is 58.8. The Balaban J connectivity index is 4.48. The van der Waals surface area contributed by atoms with Gasteiger partial charge in [0.1, 0.15) is 25.4 Å². The number of rotatable bonds is 84. The zero-order valence-electron chi connectivity index (χ0n) is 69.5. The highest BCUT2D eigenvalue weighted by Crippen LogP contribution is 2.45. The molecule has 0 aliphatic heterocycles. The van der Waals surface area contributed by atoms with E-state index in [1.165, 1.54) is 205 Å². The Hall–Kier alpha value is -3.79. The summed E-state index contributed by atoms with van der Waals surface area (Å²) in [5.41, 5.74) is 0. The second-order valence-corrected chi connectivity index (χ2v) is 32.6. The lowest BCUT2D eigenvalue weighted by molar-refractivity contribution is -0.161. The molecule has 5 atom stereocenters. The fraction of sp³-hybridized carbons (Fsp3) is 0.769. The van der Waals surface area contributed by atoms with Crippen LogP contribution in [0.4, 0.5) is 0 Å². The van der Waals surface area contributed by atoms with Crippen LogP contribution in [0.5, 0.6) is 0 Å². The first kappa shape index (κ1) is 105. The van der Waals surface area contributed by atoms with Gasteiger partial charge in [0, 0.05) is 19.3 Å². The molecular formula is C91H162O16P2. The van der Waals surface area contributed by atoms with Gasteiger partial charge in [-0.05, 0) is 135 Å². The van der Waals surface area contributed by atoms with Gasteiger partial charge in [-0.25, -0.2) is 9.13 Å². The Morgan fingerprint density at radius 2 is 0.459 bits per heavy atom. The van der Waals surface area contributed by atoms with Crippen LogP contribution in [-0.2, 0) is 55.8 Å². The van der Waals surface area contributed by atoms with Crippen molar-refractivity contribution in [2.24, 2.45) is 0 Å². The summed E-state index contributed by atoms with van der Waals surface area (Å²) in [5.74, 6) is -1.57. The number of carbonyl (C=O) groups is 3. The summed E-state index contributed by atoms with van der Waals surface area (Å²) in [5, 5.41) is 20.7. The fourth-order valence-electron chi connectivity index (χ4n) is 12.2. The Morgan fingerprint density at radius 1 is 0.257 bits per heavy atom. The molecule has 0 aromatic heterocycles. The molecule has 0 saturated heterocycles. The summed E-state index contributed by atoms with van der Waals surface area (Å²) >= 11 is 0. The summed E-state index contributed by atoms with van der Waals surface area (Å²) in [6, 6.07) is 0. The van der Waals surface area contributed by atoms with Crippen LogP contribution in [0.3, 0.4) is 0 Å². The Morgan fingerprint density at radius 3 is 0.752 bits per heavy atom. The third-order valence-corrected chi connectivity index (χ3v) is 20.8. The molecule has 0 amide bonds. The molecule has 0 aliphatic carbocycles. The Bertz CT molecular complexity index is 2420. The zero-order chi connectivity index (χ0) is 79.4. The number of hydrogen-bond donors (Lipinski definition) is 4. The molecule has 16 nitrogen and oxygen atoms in total. The van der Waals surface area contributed by atoms with Crippen molar-refractivity contribution >= 4 is 33.6 Å². The lowest BCUT2D eigenvalue weighted by Crippen LogP contribution is -2.30. The van der Waals surface area contributed by atoms with Crippen LogP contribution in [0.25, 0.3) is 0 Å². The van der Waals surface area contributed by atoms with Crippen molar-refractivity contribution in [2.45, 2.75) is 411 Å². The largest absolute Gasteiger partial charge is 0.472 e. The molecule has 0 bridgehead atoms. The van der Waals surface area contributed by atoms with Gasteiger partial charge in [0.2, 0.25) is 0 Å². The molecule has 0 aliphatic rings. The van der Waals surface area contributed by atoms with E-state index in [9.17, 15) is 43.5 Å². The van der Waals surface area contributed by atoms with E-state index in [0.717, 1.165) is 128 Å². The van der Waals surface area contributed by atoms with Crippen molar-refractivity contribution in [3.63, 3.8) is 0 Å². The number of esters is 3. The van der Waals surface area contributed by atoms with E-state index in [1.54, 1.807) is 0 Å². The van der Waals surface area contributed by atoms with Gasteiger partial charge in [-0.15, -0.1) is 0 Å². The number of ether oxygens (including phenoxy) is 3. The normalized spacial score (nSPS) is 14.4. The summed E-state index contributed by atoms with van der Waals surface area (Å²) < 4.78 is 61.3. The molecule has 0 aromatic carbocycles. The number of carbonyl (C=O) groups excluding carboxylic acids is 3. The second-order valence-electron chi connectivity index (χ2n) is 29.7. The minimum absolute atomic E-state index is 0.0950. The molecule has 5 unspecified atom stereocenters. The maximum absolute atomic E-state index is 13.0. The number of unbranched alkanes of at least 4 members (excludes halogenated alkanes) is 43. The van der Waals surface area contributed by atoms with Crippen molar-refractivity contribution in [3.8, 4) is 0 Å². The molecule has 632 valence electrons.